The standard InChI is InChI=1S/C14H15BrN2/c1-3-17(12-6-4-11(2)5-7-12)14-8-9-16-10-13(14)15/h4-10H,3H2,1-2H3. The monoisotopic (exact) mass is 290 g/mol. The highest BCUT2D eigenvalue weighted by molar-refractivity contribution is 9.10. The summed E-state index contributed by atoms with van der Waals surface area (Å²) < 4.78 is 1.02. The van der Waals surface area contributed by atoms with E-state index in [9.17, 15) is 0 Å². The van der Waals surface area contributed by atoms with Crippen LogP contribution in [-0.4, -0.2) is 11.5 Å². The van der Waals surface area contributed by atoms with E-state index >= 15 is 0 Å². The molecule has 0 saturated carbocycles. The van der Waals surface area contributed by atoms with Gasteiger partial charge in [0.15, 0.2) is 0 Å². The smallest absolute Gasteiger partial charge is 0.0595 e. The Kier molecular flexibility index (Phi) is 3.79. The Morgan fingerprint density at radius 3 is 2.47 bits per heavy atom. The molecule has 2 aromatic rings. The van der Waals surface area contributed by atoms with Gasteiger partial charge in [-0.25, -0.2) is 0 Å². The topological polar surface area (TPSA) is 16.1 Å². The molecule has 2 rings (SSSR count). The fourth-order valence-electron chi connectivity index (χ4n) is 1.80. The van der Waals surface area contributed by atoms with E-state index in [1.807, 2.05) is 18.5 Å². The van der Waals surface area contributed by atoms with Crippen molar-refractivity contribution >= 4 is 27.3 Å². The van der Waals surface area contributed by atoms with Crippen molar-refractivity contribution in [3.05, 3.63) is 52.8 Å². The van der Waals surface area contributed by atoms with E-state index in [4.69, 9.17) is 0 Å². The Morgan fingerprint density at radius 1 is 1.18 bits per heavy atom. The Morgan fingerprint density at radius 2 is 1.88 bits per heavy atom. The van der Waals surface area contributed by atoms with Gasteiger partial charge in [-0.1, -0.05) is 17.7 Å². The van der Waals surface area contributed by atoms with Crippen molar-refractivity contribution in [3.63, 3.8) is 0 Å². The van der Waals surface area contributed by atoms with Crippen LogP contribution >= 0.6 is 15.9 Å². The number of hydrogen-bond donors (Lipinski definition) is 0. The molecule has 0 saturated heterocycles. The second-order valence-corrected chi connectivity index (χ2v) is 4.76. The van der Waals surface area contributed by atoms with E-state index < -0.39 is 0 Å². The quantitative estimate of drug-likeness (QED) is 0.837. The maximum Gasteiger partial charge on any atom is 0.0595 e. The number of halogens is 1. The first-order chi connectivity index (χ1) is 8.22. The largest absolute Gasteiger partial charge is 0.341 e. The van der Waals surface area contributed by atoms with Gasteiger partial charge in [0.05, 0.1) is 10.2 Å². The molecular formula is C14H15BrN2. The van der Waals surface area contributed by atoms with E-state index in [1.54, 1.807) is 0 Å². The van der Waals surface area contributed by atoms with Gasteiger partial charge in [0.2, 0.25) is 0 Å². The Bertz CT molecular complexity index is 494. The molecule has 1 aromatic heterocycles. The molecular weight excluding hydrogens is 276 g/mol. The van der Waals surface area contributed by atoms with Crippen LogP contribution in [0.4, 0.5) is 11.4 Å². The summed E-state index contributed by atoms with van der Waals surface area (Å²) in [6, 6.07) is 10.6. The first kappa shape index (κ1) is 12.1. The summed E-state index contributed by atoms with van der Waals surface area (Å²) in [6.07, 6.45) is 3.64. The zero-order chi connectivity index (χ0) is 12.3. The van der Waals surface area contributed by atoms with Crippen molar-refractivity contribution in [1.82, 2.24) is 4.98 Å². The van der Waals surface area contributed by atoms with E-state index in [0.717, 1.165) is 16.7 Å². The third-order valence-corrected chi connectivity index (χ3v) is 3.31. The SMILES string of the molecule is CCN(c1ccc(C)cc1)c1ccncc1Br. The van der Waals surface area contributed by atoms with Gasteiger partial charge in [-0.05, 0) is 48.0 Å². The molecule has 0 aliphatic carbocycles. The number of pyridine rings is 1. The first-order valence-electron chi connectivity index (χ1n) is 5.66. The molecule has 0 spiro atoms. The first-order valence-corrected chi connectivity index (χ1v) is 6.45. The van der Waals surface area contributed by atoms with Crippen LogP contribution in [0, 0.1) is 6.92 Å². The molecule has 0 aliphatic rings. The molecule has 0 aliphatic heterocycles. The minimum Gasteiger partial charge on any atom is -0.341 e. The average Bonchev–Trinajstić information content (AvgIpc) is 2.35. The van der Waals surface area contributed by atoms with Gasteiger partial charge >= 0.3 is 0 Å². The van der Waals surface area contributed by atoms with Crippen LogP contribution in [0.5, 0.6) is 0 Å². The number of hydrogen-bond acceptors (Lipinski definition) is 2. The van der Waals surface area contributed by atoms with Crippen LogP contribution in [0.25, 0.3) is 0 Å². The van der Waals surface area contributed by atoms with Gasteiger partial charge < -0.3 is 4.90 Å². The lowest BCUT2D eigenvalue weighted by Gasteiger charge is -2.24. The second kappa shape index (κ2) is 5.32. The summed E-state index contributed by atoms with van der Waals surface area (Å²) in [5.41, 5.74) is 3.62. The zero-order valence-corrected chi connectivity index (χ0v) is 11.6. The van der Waals surface area contributed by atoms with Crippen molar-refractivity contribution in [2.75, 3.05) is 11.4 Å². The predicted octanol–water partition coefficient (Wildman–Crippen LogP) is 4.31. The molecule has 0 radical (unpaired) electrons. The van der Waals surface area contributed by atoms with E-state index in [0.29, 0.717) is 0 Å². The molecule has 0 fully saturated rings. The molecule has 17 heavy (non-hydrogen) atoms. The lowest BCUT2D eigenvalue weighted by Crippen LogP contribution is -2.16. The summed E-state index contributed by atoms with van der Waals surface area (Å²) in [4.78, 5) is 6.35. The molecule has 0 atom stereocenters. The maximum atomic E-state index is 4.10. The highest BCUT2D eigenvalue weighted by Crippen LogP contribution is 2.30. The maximum absolute atomic E-state index is 4.10. The number of nitrogens with zero attached hydrogens (tertiary/aromatic N) is 2. The van der Waals surface area contributed by atoms with Crippen LogP contribution in [0.3, 0.4) is 0 Å². The molecule has 0 N–H and O–H groups in total. The third kappa shape index (κ3) is 2.67. The van der Waals surface area contributed by atoms with Gasteiger partial charge in [-0.2, -0.15) is 0 Å². The molecule has 3 heteroatoms. The number of anilines is 2. The van der Waals surface area contributed by atoms with E-state index in [-0.39, 0.29) is 0 Å². The molecule has 1 aromatic carbocycles. The normalized spacial score (nSPS) is 10.3. The molecule has 1 heterocycles. The van der Waals surface area contributed by atoms with Crippen LogP contribution in [-0.2, 0) is 0 Å². The summed E-state index contributed by atoms with van der Waals surface area (Å²) in [7, 11) is 0. The molecule has 88 valence electrons. The Balaban J connectivity index is 2.40. The summed E-state index contributed by atoms with van der Waals surface area (Å²) in [5, 5.41) is 0. The van der Waals surface area contributed by atoms with Gasteiger partial charge in [0.25, 0.3) is 0 Å². The second-order valence-electron chi connectivity index (χ2n) is 3.91. The predicted molar refractivity (Wildman–Crippen MR) is 75.8 cm³/mol. The average molecular weight is 291 g/mol. The number of rotatable bonds is 3. The van der Waals surface area contributed by atoms with Crippen LogP contribution in [0.1, 0.15) is 12.5 Å². The van der Waals surface area contributed by atoms with Gasteiger partial charge in [0.1, 0.15) is 0 Å². The minimum absolute atomic E-state index is 0.922. The van der Waals surface area contributed by atoms with E-state index in [2.05, 4.69) is 63.9 Å². The van der Waals surface area contributed by atoms with Crippen molar-refractivity contribution in [2.45, 2.75) is 13.8 Å². The van der Waals surface area contributed by atoms with Crippen molar-refractivity contribution in [2.24, 2.45) is 0 Å². The summed E-state index contributed by atoms with van der Waals surface area (Å²) in [6.45, 7) is 5.17. The number of benzene rings is 1. The van der Waals surface area contributed by atoms with Crippen molar-refractivity contribution in [1.29, 1.82) is 0 Å². The van der Waals surface area contributed by atoms with Crippen LogP contribution < -0.4 is 4.90 Å². The van der Waals surface area contributed by atoms with Gasteiger partial charge in [-0.3, -0.25) is 4.98 Å². The fraction of sp³-hybridized carbons (Fsp3) is 0.214. The Hall–Kier alpha value is -1.35. The van der Waals surface area contributed by atoms with Crippen LogP contribution in [0.15, 0.2) is 47.2 Å². The van der Waals surface area contributed by atoms with Crippen LogP contribution in [0.2, 0.25) is 0 Å². The molecule has 0 bridgehead atoms. The lowest BCUT2D eigenvalue weighted by molar-refractivity contribution is 1.01. The Labute approximate surface area is 110 Å². The zero-order valence-electron chi connectivity index (χ0n) is 10.0. The van der Waals surface area contributed by atoms with Gasteiger partial charge in [0, 0.05) is 24.6 Å². The molecule has 2 nitrogen and oxygen atoms in total. The van der Waals surface area contributed by atoms with Crippen molar-refractivity contribution in [3.8, 4) is 0 Å². The number of aromatic nitrogens is 1. The highest BCUT2D eigenvalue weighted by atomic mass is 79.9. The minimum atomic E-state index is 0.922. The van der Waals surface area contributed by atoms with E-state index in [1.165, 1.54) is 11.3 Å². The van der Waals surface area contributed by atoms with Crippen molar-refractivity contribution < 1.29 is 0 Å². The molecule has 0 unspecified atom stereocenters. The molecule has 0 amide bonds. The number of aryl methyl sites for hydroxylation is 1. The third-order valence-electron chi connectivity index (χ3n) is 2.70. The fourth-order valence-corrected chi connectivity index (χ4v) is 2.27. The summed E-state index contributed by atoms with van der Waals surface area (Å²) in [5.74, 6) is 0. The summed E-state index contributed by atoms with van der Waals surface area (Å²) >= 11 is 3.55. The van der Waals surface area contributed by atoms with Gasteiger partial charge in [-0.15, -0.1) is 0 Å². The highest BCUT2D eigenvalue weighted by Gasteiger charge is 2.09. The lowest BCUT2D eigenvalue weighted by atomic mass is 10.2.